The number of hydrogen-bond donors (Lipinski definition) is 0. The Morgan fingerprint density at radius 2 is 1.84 bits per heavy atom. The van der Waals surface area contributed by atoms with Gasteiger partial charge in [0.2, 0.25) is 0 Å². The Morgan fingerprint density at radius 1 is 1.06 bits per heavy atom. The van der Waals surface area contributed by atoms with Crippen molar-refractivity contribution >= 4 is 45.1 Å². The van der Waals surface area contributed by atoms with Crippen molar-refractivity contribution in [3.05, 3.63) is 59.6 Å². The molecule has 1 atom stereocenters. The zero-order valence-electron chi connectivity index (χ0n) is 16.8. The predicted octanol–water partition coefficient (Wildman–Crippen LogP) is 2.96. The first-order valence-electron chi connectivity index (χ1n) is 10.2. The Bertz CT molecular complexity index is 1120. The highest BCUT2D eigenvalue weighted by Gasteiger charge is 2.35. The van der Waals surface area contributed by atoms with Crippen LogP contribution >= 0.6 is 11.3 Å². The van der Waals surface area contributed by atoms with Gasteiger partial charge in [0.25, 0.3) is 11.8 Å². The van der Waals surface area contributed by atoms with Crippen molar-refractivity contribution in [1.82, 2.24) is 9.88 Å². The van der Waals surface area contributed by atoms with E-state index >= 15 is 0 Å². The molecule has 0 saturated carbocycles. The first-order valence-corrected chi connectivity index (χ1v) is 11.0. The van der Waals surface area contributed by atoms with Crippen LogP contribution in [0.15, 0.2) is 54.6 Å². The van der Waals surface area contributed by atoms with E-state index < -0.39 is 6.10 Å². The minimum absolute atomic E-state index is 0.120. The normalized spacial score (nSPS) is 18.8. The van der Waals surface area contributed by atoms with Crippen LogP contribution in [0, 0.1) is 0 Å². The summed E-state index contributed by atoms with van der Waals surface area (Å²) in [7, 11) is 0. The number of para-hydroxylation sites is 3. The van der Waals surface area contributed by atoms with Crippen LogP contribution < -0.4 is 9.64 Å². The van der Waals surface area contributed by atoms with Gasteiger partial charge in [0.15, 0.2) is 6.10 Å². The van der Waals surface area contributed by atoms with Crippen LogP contribution in [0.1, 0.15) is 5.01 Å². The lowest BCUT2D eigenvalue weighted by molar-refractivity contribution is -0.142. The summed E-state index contributed by atoms with van der Waals surface area (Å²) in [5.74, 6) is 0.197. The van der Waals surface area contributed by atoms with Gasteiger partial charge in [0.05, 0.1) is 35.7 Å². The molecule has 3 aromatic rings. The summed E-state index contributed by atoms with van der Waals surface area (Å²) in [6, 6.07) is 15.2. The largest absolute Gasteiger partial charge is 0.476 e. The number of thiazole rings is 1. The molecule has 1 saturated heterocycles. The number of amides is 2. The van der Waals surface area contributed by atoms with E-state index in [2.05, 4.69) is 4.98 Å². The van der Waals surface area contributed by atoms with Gasteiger partial charge in [-0.3, -0.25) is 9.59 Å². The molecule has 0 radical (unpaired) electrons. The summed E-state index contributed by atoms with van der Waals surface area (Å²) in [5.41, 5.74) is 1.57. The Kier molecular flexibility index (Phi) is 5.40. The number of benzene rings is 2. The Labute approximate surface area is 183 Å². The van der Waals surface area contributed by atoms with Crippen LogP contribution in [0.4, 0.5) is 5.69 Å². The quantitative estimate of drug-likeness (QED) is 0.592. The van der Waals surface area contributed by atoms with Crippen LogP contribution in [0.2, 0.25) is 0 Å². The minimum atomic E-state index is -0.743. The molecular formula is C23H21N3O4S. The number of ether oxygens (including phenoxy) is 2. The van der Waals surface area contributed by atoms with E-state index in [1.54, 1.807) is 21.9 Å². The second-order valence-electron chi connectivity index (χ2n) is 7.31. The molecule has 8 heteroatoms. The van der Waals surface area contributed by atoms with Crippen molar-refractivity contribution in [1.29, 1.82) is 0 Å². The minimum Gasteiger partial charge on any atom is -0.476 e. The standard InChI is InChI=1S/C23H21N3O4S/c27-22(10-9-21-24-16-5-1-4-8-20(16)31-21)26-15-19(23(28)25-11-13-29-14-12-25)30-18-7-3-2-6-17(18)26/h1-10,19H,11-15H2/b10-9+. The monoisotopic (exact) mass is 435 g/mol. The zero-order chi connectivity index (χ0) is 21.2. The molecule has 0 aliphatic carbocycles. The summed E-state index contributed by atoms with van der Waals surface area (Å²) in [6.07, 6.45) is 2.49. The number of carbonyl (C=O) groups excluding carboxylic acids is 2. The van der Waals surface area contributed by atoms with E-state index in [1.807, 2.05) is 42.5 Å². The number of hydrogen-bond acceptors (Lipinski definition) is 6. The molecule has 2 amide bonds. The van der Waals surface area contributed by atoms with Gasteiger partial charge in [0, 0.05) is 19.2 Å². The SMILES string of the molecule is O=C(C1CN(C(=O)/C=C/c2nc3ccccc3s2)c2ccccc2O1)N1CCOCC1. The zero-order valence-corrected chi connectivity index (χ0v) is 17.6. The highest BCUT2D eigenvalue weighted by atomic mass is 32.1. The number of fused-ring (bicyclic) bond motifs is 2. The lowest BCUT2D eigenvalue weighted by Gasteiger charge is -2.37. The molecular weight excluding hydrogens is 414 g/mol. The van der Waals surface area contributed by atoms with E-state index in [-0.39, 0.29) is 18.4 Å². The molecule has 0 bridgehead atoms. The third kappa shape index (κ3) is 4.04. The average molecular weight is 436 g/mol. The topological polar surface area (TPSA) is 72.0 Å². The highest BCUT2D eigenvalue weighted by molar-refractivity contribution is 7.19. The second-order valence-corrected chi connectivity index (χ2v) is 8.38. The average Bonchev–Trinajstić information content (AvgIpc) is 3.25. The molecule has 2 aromatic carbocycles. The predicted molar refractivity (Wildman–Crippen MR) is 119 cm³/mol. The van der Waals surface area contributed by atoms with Gasteiger partial charge in [-0.1, -0.05) is 24.3 Å². The van der Waals surface area contributed by atoms with Gasteiger partial charge >= 0.3 is 0 Å². The molecule has 3 heterocycles. The van der Waals surface area contributed by atoms with Gasteiger partial charge in [-0.25, -0.2) is 4.98 Å². The Morgan fingerprint density at radius 3 is 2.68 bits per heavy atom. The molecule has 1 fully saturated rings. The van der Waals surface area contributed by atoms with Crippen molar-refractivity contribution in [2.24, 2.45) is 0 Å². The number of rotatable bonds is 3. The van der Waals surface area contributed by atoms with Gasteiger partial charge in [0.1, 0.15) is 10.8 Å². The maximum Gasteiger partial charge on any atom is 0.265 e. The molecule has 31 heavy (non-hydrogen) atoms. The fourth-order valence-electron chi connectivity index (χ4n) is 3.75. The molecule has 158 valence electrons. The lowest BCUT2D eigenvalue weighted by Crippen LogP contribution is -2.53. The molecule has 5 rings (SSSR count). The number of anilines is 1. The van der Waals surface area contributed by atoms with Gasteiger partial charge in [-0.15, -0.1) is 11.3 Å². The Balaban J connectivity index is 1.38. The molecule has 2 aliphatic heterocycles. The van der Waals surface area contributed by atoms with Crippen LogP contribution in [-0.4, -0.2) is 60.7 Å². The molecule has 2 aliphatic rings. The fraction of sp³-hybridized carbons (Fsp3) is 0.261. The molecule has 0 N–H and O–H groups in total. The van der Waals surface area contributed by atoms with Crippen molar-refractivity contribution in [3.8, 4) is 5.75 Å². The van der Waals surface area contributed by atoms with Crippen LogP contribution in [0.3, 0.4) is 0 Å². The van der Waals surface area contributed by atoms with Gasteiger partial charge < -0.3 is 19.3 Å². The van der Waals surface area contributed by atoms with Crippen molar-refractivity contribution in [2.75, 3.05) is 37.7 Å². The third-order valence-electron chi connectivity index (χ3n) is 5.32. The van der Waals surface area contributed by atoms with Gasteiger partial charge in [-0.2, -0.15) is 0 Å². The summed E-state index contributed by atoms with van der Waals surface area (Å²) in [5, 5.41) is 0.761. The molecule has 1 unspecified atom stereocenters. The Hall–Kier alpha value is -3.23. The third-order valence-corrected chi connectivity index (χ3v) is 6.32. The van der Waals surface area contributed by atoms with Crippen LogP contribution in [-0.2, 0) is 14.3 Å². The van der Waals surface area contributed by atoms with Gasteiger partial charge in [-0.05, 0) is 30.3 Å². The maximum absolute atomic E-state index is 13.1. The van der Waals surface area contributed by atoms with E-state index in [1.165, 1.54) is 17.4 Å². The van der Waals surface area contributed by atoms with Crippen LogP contribution in [0.5, 0.6) is 5.75 Å². The number of carbonyl (C=O) groups is 2. The van der Waals surface area contributed by atoms with E-state index in [0.29, 0.717) is 37.7 Å². The molecule has 7 nitrogen and oxygen atoms in total. The van der Waals surface area contributed by atoms with E-state index in [9.17, 15) is 9.59 Å². The number of nitrogens with zero attached hydrogens (tertiary/aromatic N) is 3. The van der Waals surface area contributed by atoms with Crippen molar-refractivity contribution in [2.45, 2.75) is 6.10 Å². The summed E-state index contributed by atoms with van der Waals surface area (Å²) < 4.78 is 12.4. The van der Waals surface area contributed by atoms with Crippen molar-refractivity contribution in [3.63, 3.8) is 0 Å². The van der Waals surface area contributed by atoms with E-state index in [0.717, 1.165) is 15.2 Å². The molecule has 1 aromatic heterocycles. The lowest BCUT2D eigenvalue weighted by atomic mass is 10.1. The first kappa shape index (κ1) is 19.7. The highest BCUT2D eigenvalue weighted by Crippen LogP contribution is 2.34. The second kappa shape index (κ2) is 8.49. The summed E-state index contributed by atoms with van der Waals surface area (Å²) >= 11 is 1.53. The number of morpholine rings is 1. The maximum atomic E-state index is 13.1. The first-order chi connectivity index (χ1) is 15.2. The number of aromatic nitrogens is 1. The van der Waals surface area contributed by atoms with Crippen LogP contribution in [0.25, 0.3) is 16.3 Å². The summed E-state index contributed by atoms with van der Waals surface area (Å²) in [4.78, 5) is 34.0. The molecule has 0 spiro atoms. The van der Waals surface area contributed by atoms with E-state index in [4.69, 9.17) is 9.47 Å². The smallest absolute Gasteiger partial charge is 0.265 e. The van der Waals surface area contributed by atoms with Crippen molar-refractivity contribution < 1.29 is 19.1 Å². The summed E-state index contributed by atoms with van der Waals surface area (Å²) in [6.45, 7) is 2.26. The fourth-order valence-corrected chi connectivity index (χ4v) is 4.62.